The smallest absolute Gasteiger partial charge is 0.320 e. The highest BCUT2D eigenvalue weighted by atomic mass is 16.2. The number of piperidine rings is 1. The van der Waals surface area contributed by atoms with Gasteiger partial charge in [-0.2, -0.15) is 5.10 Å². The Hall–Kier alpha value is -3.78. The van der Waals surface area contributed by atoms with Crippen LogP contribution in [0.3, 0.4) is 0 Å². The van der Waals surface area contributed by atoms with Crippen LogP contribution in [0.25, 0.3) is 16.6 Å². The number of benzene rings is 1. The Labute approximate surface area is 186 Å². The second kappa shape index (κ2) is 8.76. The van der Waals surface area contributed by atoms with E-state index in [0.717, 1.165) is 41.8 Å². The molecule has 2 amide bonds. The lowest BCUT2D eigenvalue weighted by Crippen LogP contribution is -2.49. The maximum absolute atomic E-state index is 12.6. The molecule has 162 valence electrons. The first-order valence-electron chi connectivity index (χ1n) is 10.8. The summed E-state index contributed by atoms with van der Waals surface area (Å²) < 4.78 is 1.82. The highest BCUT2D eigenvalue weighted by Gasteiger charge is 2.24. The molecule has 0 radical (unpaired) electrons. The molecule has 8 heteroatoms. The molecular formula is C24H25N7O. The summed E-state index contributed by atoms with van der Waals surface area (Å²) >= 11 is 0. The van der Waals surface area contributed by atoms with Crippen LogP contribution in [-0.4, -0.2) is 44.9 Å². The number of carbonyl (C=O) groups is 1. The van der Waals surface area contributed by atoms with Crippen molar-refractivity contribution in [2.45, 2.75) is 25.3 Å². The quantitative estimate of drug-likeness (QED) is 0.464. The summed E-state index contributed by atoms with van der Waals surface area (Å²) in [4.78, 5) is 21.3. The number of rotatable bonds is 4. The molecule has 0 aliphatic carbocycles. The van der Waals surface area contributed by atoms with Crippen LogP contribution in [0.15, 0.2) is 67.1 Å². The average molecular weight is 428 g/mol. The van der Waals surface area contributed by atoms with E-state index in [4.69, 9.17) is 0 Å². The molecule has 0 spiro atoms. The Bertz CT molecular complexity index is 1240. The van der Waals surface area contributed by atoms with Gasteiger partial charge in [0.15, 0.2) is 0 Å². The standard InChI is InChI=1S/C24H25N7O/c1-16-9-21(7-8-26-16)31-22-15-27-23(11-19(22)13-28-31)30-24(32)29-20-10-18(12-25-14-20)17-5-3-2-4-6-17/h2-9,11,13,15,18,20,25H,10,12,14H2,1H3,(H2,27,29,30,32). The van der Waals surface area contributed by atoms with Crippen molar-refractivity contribution in [1.29, 1.82) is 0 Å². The fourth-order valence-electron chi connectivity index (χ4n) is 4.23. The molecule has 2 atom stereocenters. The summed E-state index contributed by atoms with van der Waals surface area (Å²) in [5, 5.41) is 14.7. The lowest BCUT2D eigenvalue weighted by molar-refractivity contribution is 0.243. The Morgan fingerprint density at radius 2 is 1.97 bits per heavy atom. The van der Waals surface area contributed by atoms with Gasteiger partial charge in [-0.05, 0) is 43.0 Å². The number of aromatic nitrogens is 4. The third-order valence-corrected chi connectivity index (χ3v) is 5.78. The van der Waals surface area contributed by atoms with Crippen LogP contribution in [0.2, 0.25) is 0 Å². The number of anilines is 1. The maximum atomic E-state index is 12.6. The summed E-state index contributed by atoms with van der Waals surface area (Å²) in [5.74, 6) is 0.872. The third kappa shape index (κ3) is 4.31. The Morgan fingerprint density at radius 3 is 2.81 bits per heavy atom. The second-order valence-electron chi connectivity index (χ2n) is 8.14. The Balaban J connectivity index is 1.25. The van der Waals surface area contributed by atoms with Gasteiger partial charge in [-0.15, -0.1) is 0 Å². The van der Waals surface area contributed by atoms with Crippen molar-refractivity contribution < 1.29 is 4.79 Å². The van der Waals surface area contributed by atoms with Crippen LogP contribution in [0.1, 0.15) is 23.6 Å². The predicted molar refractivity (Wildman–Crippen MR) is 124 cm³/mol. The number of aryl methyl sites for hydroxylation is 1. The summed E-state index contributed by atoms with van der Waals surface area (Å²) in [6.45, 7) is 3.61. The van der Waals surface area contributed by atoms with Crippen LogP contribution in [0.5, 0.6) is 0 Å². The number of amides is 2. The Kier molecular flexibility index (Phi) is 5.51. The first-order chi connectivity index (χ1) is 15.7. The van der Waals surface area contributed by atoms with Gasteiger partial charge in [-0.25, -0.2) is 14.5 Å². The monoisotopic (exact) mass is 427 g/mol. The number of fused-ring (bicyclic) bond motifs is 1. The lowest BCUT2D eigenvalue weighted by Gasteiger charge is -2.30. The van der Waals surface area contributed by atoms with Crippen LogP contribution < -0.4 is 16.0 Å². The minimum absolute atomic E-state index is 0.0513. The predicted octanol–water partition coefficient (Wildman–Crippen LogP) is 3.39. The van der Waals surface area contributed by atoms with E-state index < -0.39 is 0 Å². The molecule has 1 saturated heterocycles. The van der Waals surface area contributed by atoms with E-state index in [1.54, 1.807) is 18.6 Å². The number of carbonyl (C=O) groups excluding carboxylic acids is 1. The van der Waals surface area contributed by atoms with E-state index in [2.05, 4.69) is 55.3 Å². The zero-order chi connectivity index (χ0) is 21.9. The minimum atomic E-state index is -0.255. The summed E-state index contributed by atoms with van der Waals surface area (Å²) in [7, 11) is 0. The molecule has 4 heterocycles. The molecule has 32 heavy (non-hydrogen) atoms. The molecule has 0 bridgehead atoms. The number of hydrogen-bond donors (Lipinski definition) is 3. The van der Waals surface area contributed by atoms with Gasteiger partial charge >= 0.3 is 6.03 Å². The van der Waals surface area contributed by atoms with Gasteiger partial charge in [0.1, 0.15) is 5.82 Å². The maximum Gasteiger partial charge on any atom is 0.320 e. The molecule has 1 aliphatic heterocycles. The van der Waals surface area contributed by atoms with Crippen LogP contribution >= 0.6 is 0 Å². The van der Waals surface area contributed by atoms with Gasteiger partial charge in [0.2, 0.25) is 0 Å². The largest absolute Gasteiger partial charge is 0.334 e. The van der Waals surface area contributed by atoms with Gasteiger partial charge in [0.05, 0.1) is 23.6 Å². The van der Waals surface area contributed by atoms with Crippen molar-refractivity contribution in [3.63, 3.8) is 0 Å². The number of urea groups is 1. The van der Waals surface area contributed by atoms with Crippen molar-refractivity contribution in [2.75, 3.05) is 18.4 Å². The first kappa shape index (κ1) is 20.1. The topological polar surface area (TPSA) is 96.8 Å². The van der Waals surface area contributed by atoms with Gasteiger partial charge < -0.3 is 10.6 Å². The fourth-order valence-corrected chi connectivity index (χ4v) is 4.23. The van der Waals surface area contributed by atoms with E-state index in [1.807, 2.05) is 35.9 Å². The van der Waals surface area contributed by atoms with Gasteiger partial charge in [-0.1, -0.05) is 30.3 Å². The SMILES string of the molecule is Cc1cc(-n2ncc3cc(NC(=O)NC4CNCC(c5ccccc5)C4)ncc32)ccn1. The molecule has 4 aromatic rings. The molecule has 0 saturated carbocycles. The average Bonchev–Trinajstić information content (AvgIpc) is 3.23. The van der Waals surface area contributed by atoms with E-state index in [9.17, 15) is 4.79 Å². The van der Waals surface area contributed by atoms with Crippen molar-refractivity contribution in [3.8, 4) is 5.69 Å². The number of nitrogens with one attached hydrogen (secondary N) is 3. The zero-order valence-electron chi connectivity index (χ0n) is 17.8. The van der Waals surface area contributed by atoms with Crippen molar-refractivity contribution >= 4 is 22.8 Å². The first-order valence-corrected chi connectivity index (χ1v) is 10.8. The number of nitrogens with zero attached hydrogens (tertiary/aromatic N) is 4. The second-order valence-corrected chi connectivity index (χ2v) is 8.14. The lowest BCUT2D eigenvalue weighted by atomic mass is 9.89. The molecule has 8 nitrogen and oxygen atoms in total. The zero-order valence-corrected chi connectivity index (χ0v) is 17.8. The molecule has 1 aliphatic rings. The Morgan fingerprint density at radius 1 is 1.09 bits per heavy atom. The molecule has 1 aromatic carbocycles. The van der Waals surface area contributed by atoms with E-state index in [-0.39, 0.29) is 12.1 Å². The van der Waals surface area contributed by atoms with Crippen LogP contribution in [0.4, 0.5) is 10.6 Å². The third-order valence-electron chi connectivity index (χ3n) is 5.78. The van der Waals surface area contributed by atoms with Gasteiger partial charge in [0, 0.05) is 36.4 Å². The summed E-state index contributed by atoms with van der Waals surface area (Å²) in [5.41, 5.74) is 4.00. The molecule has 3 N–H and O–H groups in total. The molecule has 1 fully saturated rings. The summed E-state index contributed by atoms with van der Waals surface area (Å²) in [6, 6.07) is 15.9. The molecular weight excluding hydrogens is 402 g/mol. The molecule has 5 rings (SSSR count). The highest BCUT2D eigenvalue weighted by molar-refractivity contribution is 5.91. The van der Waals surface area contributed by atoms with Crippen molar-refractivity contribution in [2.24, 2.45) is 0 Å². The van der Waals surface area contributed by atoms with Crippen molar-refractivity contribution in [3.05, 3.63) is 78.4 Å². The fraction of sp³-hybridized carbons (Fsp3) is 0.250. The molecule has 2 unspecified atom stereocenters. The van der Waals surface area contributed by atoms with Crippen molar-refractivity contribution in [1.82, 2.24) is 30.4 Å². The van der Waals surface area contributed by atoms with Gasteiger partial charge in [0.25, 0.3) is 0 Å². The van der Waals surface area contributed by atoms with E-state index >= 15 is 0 Å². The number of pyridine rings is 2. The molecule has 3 aromatic heterocycles. The van der Waals surface area contributed by atoms with Crippen LogP contribution in [0, 0.1) is 6.92 Å². The highest BCUT2D eigenvalue weighted by Crippen LogP contribution is 2.23. The van der Waals surface area contributed by atoms with Gasteiger partial charge in [-0.3, -0.25) is 10.3 Å². The normalized spacial score (nSPS) is 18.4. The minimum Gasteiger partial charge on any atom is -0.334 e. The summed E-state index contributed by atoms with van der Waals surface area (Å²) in [6.07, 6.45) is 6.15. The number of hydrogen-bond acceptors (Lipinski definition) is 5. The van der Waals surface area contributed by atoms with Crippen LogP contribution in [-0.2, 0) is 0 Å². The van der Waals surface area contributed by atoms with E-state index in [1.165, 1.54) is 5.56 Å². The van der Waals surface area contributed by atoms with E-state index in [0.29, 0.717) is 11.7 Å².